The van der Waals surface area contributed by atoms with Gasteiger partial charge in [-0.25, -0.2) is 8.42 Å². The molecule has 10 heteroatoms. The van der Waals surface area contributed by atoms with Gasteiger partial charge >= 0.3 is 6.18 Å². The van der Waals surface area contributed by atoms with Crippen LogP contribution in [0, 0.1) is 0 Å². The molecule has 6 nitrogen and oxygen atoms in total. The van der Waals surface area contributed by atoms with Crippen LogP contribution in [0.3, 0.4) is 0 Å². The van der Waals surface area contributed by atoms with Gasteiger partial charge in [0.1, 0.15) is 0 Å². The average Bonchev–Trinajstić information content (AvgIpc) is 2.83. The lowest BCUT2D eigenvalue weighted by Gasteiger charge is -2.36. The van der Waals surface area contributed by atoms with E-state index in [1.165, 1.54) is 12.1 Å². The summed E-state index contributed by atoms with van der Waals surface area (Å²) in [7, 11) is -3.12. The summed E-state index contributed by atoms with van der Waals surface area (Å²) in [4.78, 5) is 4.00. The van der Waals surface area contributed by atoms with E-state index in [1.54, 1.807) is 0 Å². The molecule has 1 saturated heterocycles. The normalized spacial score (nSPS) is 19.3. The highest BCUT2D eigenvalue weighted by Crippen LogP contribution is 2.32. The van der Waals surface area contributed by atoms with Crippen molar-refractivity contribution >= 4 is 9.84 Å². The highest BCUT2D eigenvalue weighted by Gasteiger charge is 2.46. The van der Waals surface area contributed by atoms with Gasteiger partial charge < -0.3 is 10.3 Å². The summed E-state index contributed by atoms with van der Waals surface area (Å²) < 4.78 is 65.5. The molecule has 1 aliphatic heterocycles. The van der Waals surface area contributed by atoms with Gasteiger partial charge in [-0.05, 0) is 12.1 Å². The number of halogens is 3. The van der Waals surface area contributed by atoms with E-state index in [0.29, 0.717) is 0 Å². The van der Waals surface area contributed by atoms with E-state index >= 15 is 0 Å². The first-order chi connectivity index (χ1) is 10.6. The number of benzene rings is 1. The zero-order valence-electron chi connectivity index (χ0n) is 11.7. The van der Waals surface area contributed by atoms with Crippen LogP contribution in [0.15, 0.2) is 28.8 Å². The standard InChI is InChI=1S/C13H12F3N3O3S/c14-13(15,16)9-3-1-2-8(4-9)11-18-10(22-19-11)5-12(17)6-23(20,21)7-12/h1-4H,5-7,17H2. The Morgan fingerprint density at radius 2 is 2.00 bits per heavy atom. The minimum atomic E-state index is -4.47. The number of nitrogens with two attached hydrogens (primary N) is 1. The Balaban J connectivity index is 1.80. The van der Waals surface area contributed by atoms with Crippen LogP contribution in [0.5, 0.6) is 0 Å². The number of hydrogen-bond acceptors (Lipinski definition) is 6. The van der Waals surface area contributed by atoms with Gasteiger partial charge in [-0.2, -0.15) is 18.2 Å². The third kappa shape index (κ3) is 3.37. The third-order valence-corrected chi connectivity index (χ3v) is 5.46. The van der Waals surface area contributed by atoms with Crippen molar-refractivity contribution in [2.75, 3.05) is 11.5 Å². The van der Waals surface area contributed by atoms with Crippen LogP contribution in [0.25, 0.3) is 11.4 Å². The van der Waals surface area contributed by atoms with Gasteiger partial charge in [0, 0.05) is 12.0 Å². The van der Waals surface area contributed by atoms with Crippen LogP contribution in [-0.4, -0.2) is 35.6 Å². The maximum absolute atomic E-state index is 12.7. The van der Waals surface area contributed by atoms with E-state index in [0.717, 1.165) is 12.1 Å². The Morgan fingerprint density at radius 1 is 1.30 bits per heavy atom. The topological polar surface area (TPSA) is 99.1 Å². The summed E-state index contributed by atoms with van der Waals surface area (Å²) in [5.41, 5.74) is 4.26. The van der Waals surface area contributed by atoms with Crippen molar-refractivity contribution in [3.05, 3.63) is 35.7 Å². The smallest absolute Gasteiger partial charge is 0.339 e. The molecule has 23 heavy (non-hydrogen) atoms. The fourth-order valence-electron chi connectivity index (χ4n) is 2.52. The molecule has 0 amide bonds. The molecule has 0 saturated carbocycles. The Morgan fingerprint density at radius 3 is 2.61 bits per heavy atom. The lowest BCUT2D eigenvalue weighted by atomic mass is 10.0. The fraction of sp³-hybridized carbons (Fsp3) is 0.385. The van der Waals surface area contributed by atoms with Crippen LogP contribution in [0.2, 0.25) is 0 Å². The van der Waals surface area contributed by atoms with Gasteiger partial charge in [0.05, 0.1) is 22.6 Å². The first-order valence-electron chi connectivity index (χ1n) is 6.56. The second kappa shape index (κ2) is 5.03. The number of rotatable bonds is 3. The van der Waals surface area contributed by atoms with E-state index in [2.05, 4.69) is 10.1 Å². The van der Waals surface area contributed by atoms with Crippen molar-refractivity contribution in [2.45, 2.75) is 18.1 Å². The van der Waals surface area contributed by atoms with Crippen LogP contribution in [-0.2, 0) is 22.4 Å². The molecule has 0 bridgehead atoms. The Kier molecular flexibility index (Phi) is 3.49. The first-order valence-corrected chi connectivity index (χ1v) is 8.38. The van der Waals surface area contributed by atoms with E-state index in [4.69, 9.17) is 10.3 Å². The van der Waals surface area contributed by atoms with E-state index < -0.39 is 27.1 Å². The number of aromatic nitrogens is 2. The van der Waals surface area contributed by atoms with Crippen LogP contribution >= 0.6 is 0 Å². The quantitative estimate of drug-likeness (QED) is 0.902. The van der Waals surface area contributed by atoms with E-state index in [1.807, 2.05) is 0 Å². The lowest BCUT2D eigenvalue weighted by Crippen LogP contribution is -2.62. The summed E-state index contributed by atoms with van der Waals surface area (Å²) in [6, 6.07) is 4.53. The maximum atomic E-state index is 12.7. The van der Waals surface area contributed by atoms with E-state index in [-0.39, 0.29) is 35.2 Å². The van der Waals surface area contributed by atoms with Gasteiger partial charge in [-0.15, -0.1) is 0 Å². The highest BCUT2D eigenvalue weighted by atomic mass is 32.2. The summed E-state index contributed by atoms with van der Waals surface area (Å²) in [5, 5.41) is 3.63. The Bertz CT molecular complexity index is 833. The van der Waals surface area contributed by atoms with Gasteiger partial charge in [-0.1, -0.05) is 17.3 Å². The molecule has 0 spiro atoms. The molecule has 0 aliphatic carbocycles. The van der Waals surface area contributed by atoms with Gasteiger partial charge in [0.15, 0.2) is 9.84 Å². The average molecular weight is 347 g/mol. The second-order valence-corrected chi connectivity index (χ2v) is 7.73. The summed E-state index contributed by atoms with van der Waals surface area (Å²) in [5.74, 6) is -0.269. The highest BCUT2D eigenvalue weighted by molar-refractivity contribution is 7.93. The molecule has 124 valence electrons. The summed E-state index contributed by atoms with van der Waals surface area (Å²) in [6.45, 7) is 0. The lowest BCUT2D eigenvalue weighted by molar-refractivity contribution is -0.137. The van der Waals surface area contributed by atoms with Gasteiger partial charge in [0.2, 0.25) is 11.7 Å². The minimum absolute atomic E-state index is 0.00289. The van der Waals surface area contributed by atoms with Crippen molar-refractivity contribution in [3.8, 4) is 11.4 Å². The molecule has 0 atom stereocenters. The maximum Gasteiger partial charge on any atom is 0.416 e. The molecule has 2 N–H and O–H groups in total. The monoisotopic (exact) mass is 347 g/mol. The molecule has 2 aromatic rings. The van der Waals surface area contributed by atoms with Crippen molar-refractivity contribution in [2.24, 2.45) is 5.73 Å². The molecule has 0 unspecified atom stereocenters. The fourth-order valence-corrected chi connectivity index (χ4v) is 4.39. The number of nitrogens with zero attached hydrogens (tertiary/aromatic N) is 2. The zero-order valence-corrected chi connectivity index (χ0v) is 12.5. The first kappa shape index (κ1) is 15.9. The molecule has 1 aliphatic rings. The minimum Gasteiger partial charge on any atom is -0.339 e. The molecule has 2 heterocycles. The number of sulfone groups is 1. The predicted molar refractivity (Wildman–Crippen MR) is 74.0 cm³/mol. The molecule has 1 aromatic heterocycles. The molecular weight excluding hydrogens is 335 g/mol. The molecule has 1 fully saturated rings. The number of hydrogen-bond donors (Lipinski definition) is 1. The van der Waals surface area contributed by atoms with Crippen molar-refractivity contribution in [3.63, 3.8) is 0 Å². The molecule has 0 radical (unpaired) electrons. The van der Waals surface area contributed by atoms with Crippen molar-refractivity contribution in [1.29, 1.82) is 0 Å². The molecule has 3 rings (SSSR count). The van der Waals surface area contributed by atoms with Crippen molar-refractivity contribution < 1.29 is 26.1 Å². The van der Waals surface area contributed by atoms with Crippen LogP contribution in [0.4, 0.5) is 13.2 Å². The van der Waals surface area contributed by atoms with Crippen LogP contribution < -0.4 is 5.73 Å². The summed E-state index contributed by atoms with van der Waals surface area (Å²) >= 11 is 0. The second-order valence-electron chi connectivity index (χ2n) is 5.66. The Labute approximate surface area is 129 Å². The largest absolute Gasteiger partial charge is 0.416 e. The van der Waals surface area contributed by atoms with Gasteiger partial charge in [-0.3, -0.25) is 0 Å². The zero-order chi connectivity index (χ0) is 16.9. The van der Waals surface area contributed by atoms with Gasteiger partial charge in [0.25, 0.3) is 0 Å². The number of alkyl halides is 3. The predicted octanol–water partition coefficient (Wildman–Crippen LogP) is 1.42. The molecular formula is C13H12F3N3O3S. The molecule has 1 aromatic carbocycles. The SMILES string of the molecule is NC1(Cc2nc(-c3cccc(C(F)(F)F)c3)no2)CS(=O)(=O)C1. The van der Waals surface area contributed by atoms with E-state index in [9.17, 15) is 21.6 Å². The van der Waals surface area contributed by atoms with Crippen molar-refractivity contribution in [1.82, 2.24) is 10.1 Å². The summed E-state index contributed by atoms with van der Waals surface area (Å²) in [6.07, 6.45) is -4.41. The Hall–Kier alpha value is -1.94. The third-order valence-electron chi connectivity index (χ3n) is 3.43. The van der Waals surface area contributed by atoms with Crippen LogP contribution in [0.1, 0.15) is 11.5 Å².